The van der Waals surface area contributed by atoms with E-state index in [1.54, 1.807) is 0 Å². The Morgan fingerprint density at radius 1 is 1.29 bits per heavy atom. The Morgan fingerprint density at radius 3 is 2.93 bits per heavy atom. The monoisotopic (exact) mass is 189 g/mol. The van der Waals surface area contributed by atoms with Crippen molar-refractivity contribution in [2.45, 2.75) is 31.2 Å². The average molecular weight is 189 g/mol. The Hall–Kier alpha value is -1.02. The second-order valence-electron chi connectivity index (χ2n) is 4.43. The van der Waals surface area contributed by atoms with E-state index < -0.39 is 0 Å². The van der Waals surface area contributed by atoms with Gasteiger partial charge in [-0.25, -0.2) is 0 Å². The fourth-order valence-electron chi connectivity index (χ4n) is 2.07. The van der Waals surface area contributed by atoms with E-state index in [0.717, 1.165) is 38.0 Å². The molecular formula is C12H15NO. The number of hydrogen-bond acceptors (Lipinski definition) is 2. The molecule has 0 amide bonds. The summed E-state index contributed by atoms with van der Waals surface area (Å²) in [6.07, 6.45) is 4.52. The minimum absolute atomic E-state index is 0.0319. The van der Waals surface area contributed by atoms with Crippen molar-refractivity contribution in [3.63, 3.8) is 0 Å². The molecule has 1 aromatic carbocycles. The predicted molar refractivity (Wildman–Crippen MR) is 55.4 cm³/mol. The molecule has 0 unspecified atom stereocenters. The van der Waals surface area contributed by atoms with E-state index in [-0.39, 0.29) is 5.54 Å². The number of fused-ring (bicyclic) bond motifs is 1. The van der Waals surface area contributed by atoms with E-state index in [4.69, 9.17) is 10.5 Å². The Kier molecular flexibility index (Phi) is 1.62. The van der Waals surface area contributed by atoms with Crippen LogP contribution in [0.3, 0.4) is 0 Å². The quantitative estimate of drug-likeness (QED) is 0.733. The largest absolute Gasteiger partial charge is 0.493 e. The van der Waals surface area contributed by atoms with Gasteiger partial charge in [-0.1, -0.05) is 12.1 Å². The third-order valence-corrected chi connectivity index (χ3v) is 3.28. The fourth-order valence-corrected chi connectivity index (χ4v) is 2.07. The van der Waals surface area contributed by atoms with Crippen LogP contribution in [-0.4, -0.2) is 6.61 Å². The molecule has 1 aromatic rings. The van der Waals surface area contributed by atoms with Gasteiger partial charge in [-0.15, -0.1) is 0 Å². The minimum Gasteiger partial charge on any atom is -0.493 e. The molecule has 1 saturated carbocycles. The third-order valence-electron chi connectivity index (χ3n) is 3.28. The van der Waals surface area contributed by atoms with E-state index >= 15 is 0 Å². The molecule has 0 radical (unpaired) electrons. The summed E-state index contributed by atoms with van der Waals surface area (Å²) in [6.45, 7) is 0.855. The molecule has 2 aliphatic rings. The van der Waals surface area contributed by atoms with Gasteiger partial charge in [0.25, 0.3) is 0 Å². The maximum atomic E-state index is 6.15. The van der Waals surface area contributed by atoms with Crippen LogP contribution in [-0.2, 0) is 12.0 Å². The van der Waals surface area contributed by atoms with Crippen molar-refractivity contribution in [3.05, 3.63) is 29.3 Å². The van der Waals surface area contributed by atoms with Crippen LogP contribution in [0.4, 0.5) is 0 Å². The van der Waals surface area contributed by atoms with Gasteiger partial charge in [-0.05, 0) is 42.9 Å². The highest BCUT2D eigenvalue weighted by molar-refractivity contribution is 5.43. The first kappa shape index (κ1) is 8.30. The fraction of sp³-hybridized carbons (Fsp3) is 0.500. The summed E-state index contributed by atoms with van der Waals surface area (Å²) in [4.78, 5) is 0. The molecule has 2 N–H and O–H groups in total. The van der Waals surface area contributed by atoms with E-state index in [1.165, 1.54) is 11.1 Å². The van der Waals surface area contributed by atoms with E-state index in [9.17, 15) is 0 Å². The molecule has 1 heterocycles. The number of hydrogen-bond donors (Lipinski definition) is 1. The summed E-state index contributed by atoms with van der Waals surface area (Å²) in [7, 11) is 0. The molecule has 1 fully saturated rings. The van der Waals surface area contributed by atoms with Crippen molar-refractivity contribution in [1.29, 1.82) is 0 Å². The standard InChI is InChI=1S/C12H15NO/c13-12(5-6-12)10-4-3-9-2-1-7-14-11(9)8-10/h3-4,8H,1-2,5-7,13H2. The van der Waals surface area contributed by atoms with Gasteiger partial charge in [0.05, 0.1) is 6.61 Å². The zero-order valence-electron chi connectivity index (χ0n) is 8.25. The number of nitrogens with two attached hydrogens (primary N) is 1. The van der Waals surface area contributed by atoms with Crippen molar-refractivity contribution in [2.75, 3.05) is 6.61 Å². The van der Waals surface area contributed by atoms with Crippen molar-refractivity contribution in [2.24, 2.45) is 5.73 Å². The van der Waals surface area contributed by atoms with Crippen LogP contribution in [0.25, 0.3) is 0 Å². The topological polar surface area (TPSA) is 35.2 Å². The lowest BCUT2D eigenvalue weighted by Gasteiger charge is -2.19. The van der Waals surface area contributed by atoms with E-state index in [0.29, 0.717) is 0 Å². The van der Waals surface area contributed by atoms with Gasteiger partial charge in [-0.2, -0.15) is 0 Å². The molecule has 0 atom stereocenters. The molecule has 0 saturated heterocycles. The average Bonchev–Trinajstić information content (AvgIpc) is 2.97. The Balaban J connectivity index is 2.01. The number of rotatable bonds is 1. The van der Waals surface area contributed by atoms with Crippen molar-refractivity contribution < 1.29 is 4.74 Å². The normalized spacial score (nSPS) is 22.4. The zero-order chi connectivity index (χ0) is 9.60. The highest BCUT2D eigenvalue weighted by Gasteiger charge is 2.40. The molecule has 74 valence electrons. The third kappa shape index (κ3) is 1.22. The minimum atomic E-state index is -0.0319. The Bertz CT molecular complexity index is 369. The van der Waals surface area contributed by atoms with Crippen LogP contribution in [0.15, 0.2) is 18.2 Å². The molecule has 1 aliphatic heterocycles. The summed E-state index contributed by atoms with van der Waals surface area (Å²) in [6, 6.07) is 6.48. The van der Waals surface area contributed by atoms with Gasteiger partial charge in [-0.3, -0.25) is 0 Å². The Morgan fingerprint density at radius 2 is 2.14 bits per heavy atom. The second kappa shape index (κ2) is 2.74. The van der Waals surface area contributed by atoms with Crippen LogP contribution < -0.4 is 10.5 Å². The van der Waals surface area contributed by atoms with E-state index in [2.05, 4.69) is 18.2 Å². The first-order valence-electron chi connectivity index (χ1n) is 5.33. The molecule has 2 heteroatoms. The van der Waals surface area contributed by atoms with Crippen LogP contribution in [0.2, 0.25) is 0 Å². The van der Waals surface area contributed by atoms with Crippen LogP contribution in [0.5, 0.6) is 5.75 Å². The first-order valence-corrected chi connectivity index (χ1v) is 5.33. The predicted octanol–water partition coefficient (Wildman–Crippen LogP) is 1.96. The summed E-state index contributed by atoms with van der Waals surface area (Å²) < 4.78 is 5.63. The lowest BCUT2D eigenvalue weighted by atomic mass is 9.99. The highest BCUT2D eigenvalue weighted by atomic mass is 16.5. The number of ether oxygens (including phenoxy) is 1. The van der Waals surface area contributed by atoms with Gasteiger partial charge >= 0.3 is 0 Å². The summed E-state index contributed by atoms with van der Waals surface area (Å²) >= 11 is 0. The molecule has 2 nitrogen and oxygen atoms in total. The number of aryl methyl sites for hydroxylation is 1. The van der Waals surface area contributed by atoms with Gasteiger partial charge < -0.3 is 10.5 Å². The number of benzene rings is 1. The lowest BCUT2D eigenvalue weighted by molar-refractivity contribution is 0.288. The van der Waals surface area contributed by atoms with Crippen LogP contribution >= 0.6 is 0 Å². The molecule has 0 aromatic heterocycles. The molecular weight excluding hydrogens is 174 g/mol. The van der Waals surface area contributed by atoms with Gasteiger partial charge in [0.15, 0.2) is 0 Å². The lowest BCUT2D eigenvalue weighted by Crippen LogP contribution is -2.19. The van der Waals surface area contributed by atoms with Gasteiger partial charge in [0.1, 0.15) is 5.75 Å². The second-order valence-corrected chi connectivity index (χ2v) is 4.43. The molecule has 0 spiro atoms. The van der Waals surface area contributed by atoms with Gasteiger partial charge in [0, 0.05) is 5.54 Å². The van der Waals surface area contributed by atoms with Crippen LogP contribution in [0.1, 0.15) is 30.4 Å². The molecule has 0 bridgehead atoms. The smallest absolute Gasteiger partial charge is 0.122 e. The highest BCUT2D eigenvalue weighted by Crippen LogP contribution is 2.44. The molecule has 3 rings (SSSR count). The SMILES string of the molecule is NC1(c2ccc3c(c2)OCCC3)CC1. The molecule has 14 heavy (non-hydrogen) atoms. The Labute approximate surface area is 84.1 Å². The molecule has 1 aliphatic carbocycles. The first-order chi connectivity index (χ1) is 6.78. The van der Waals surface area contributed by atoms with Crippen LogP contribution in [0, 0.1) is 0 Å². The van der Waals surface area contributed by atoms with Crippen molar-refractivity contribution >= 4 is 0 Å². The maximum Gasteiger partial charge on any atom is 0.122 e. The van der Waals surface area contributed by atoms with Gasteiger partial charge in [0.2, 0.25) is 0 Å². The van der Waals surface area contributed by atoms with Crippen molar-refractivity contribution in [3.8, 4) is 5.75 Å². The van der Waals surface area contributed by atoms with Crippen molar-refractivity contribution in [1.82, 2.24) is 0 Å². The summed E-state index contributed by atoms with van der Waals surface area (Å²) in [5, 5.41) is 0. The summed E-state index contributed by atoms with van der Waals surface area (Å²) in [5.74, 6) is 1.06. The zero-order valence-corrected chi connectivity index (χ0v) is 8.25. The van der Waals surface area contributed by atoms with E-state index in [1.807, 2.05) is 0 Å². The summed E-state index contributed by atoms with van der Waals surface area (Å²) in [5.41, 5.74) is 8.70. The maximum absolute atomic E-state index is 6.15.